The maximum absolute atomic E-state index is 2.61. The van der Waals surface area contributed by atoms with Crippen molar-refractivity contribution < 1.29 is 0 Å². The predicted octanol–water partition coefficient (Wildman–Crippen LogP) is 6.27. The standard InChI is InChI=1S/C21H28/c1-2-4-7-19-13-16(12-18(19)6-3-1)10-11-17-14-20-8-5-9-21(20)15-17/h12-17H,1-11H2. The van der Waals surface area contributed by atoms with Gasteiger partial charge in [-0.3, -0.25) is 0 Å². The third-order valence-corrected chi connectivity index (χ3v) is 5.85. The van der Waals surface area contributed by atoms with E-state index in [4.69, 9.17) is 0 Å². The van der Waals surface area contributed by atoms with Gasteiger partial charge < -0.3 is 0 Å². The van der Waals surface area contributed by atoms with E-state index in [0.29, 0.717) is 0 Å². The van der Waals surface area contributed by atoms with Crippen LogP contribution in [0, 0.1) is 11.8 Å². The molecule has 0 unspecified atom stereocenters. The summed E-state index contributed by atoms with van der Waals surface area (Å²) in [5.74, 6) is 1.49. The van der Waals surface area contributed by atoms with Crippen molar-refractivity contribution in [3.63, 3.8) is 0 Å². The molecule has 0 nitrogen and oxygen atoms in total. The largest absolute Gasteiger partial charge is 0.0741 e. The fraction of sp³-hybridized carbons (Fsp3) is 0.619. The minimum absolute atomic E-state index is 0.741. The molecular weight excluding hydrogens is 252 g/mol. The van der Waals surface area contributed by atoms with Gasteiger partial charge in [-0.1, -0.05) is 37.1 Å². The third kappa shape index (κ3) is 2.96. The van der Waals surface area contributed by atoms with Crippen LogP contribution in [0.15, 0.2) is 46.6 Å². The van der Waals surface area contributed by atoms with Gasteiger partial charge in [0.15, 0.2) is 0 Å². The van der Waals surface area contributed by atoms with Crippen molar-refractivity contribution >= 4 is 0 Å². The monoisotopic (exact) mass is 280 g/mol. The second kappa shape index (κ2) is 5.99. The highest BCUT2D eigenvalue weighted by atomic mass is 14.3. The number of rotatable bonds is 3. The average molecular weight is 280 g/mol. The van der Waals surface area contributed by atoms with Gasteiger partial charge in [0.05, 0.1) is 0 Å². The topological polar surface area (TPSA) is 0 Å². The molecule has 0 spiro atoms. The SMILES string of the molecule is C1=C2CCCCCCC2=CC1CCC1C=C2CCCC2=C1. The Kier molecular flexibility index (Phi) is 3.88. The second-order valence-electron chi connectivity index (χ2n) is 7.44. The average Bonchev–Trinajstić information content (AvgIpc) is 3.11. The van der Waals surface area contributed by atoms with Crippen molar-refractivity contribution in [1.29, 1.82) is 0 Å². The van der Waals surface area contributed by atoms with Gasteiger partial charge in [-0.15, -0.1) is 0 Å². The Morgan fingerprint density at radius 1 is 0.524 bits per heavy atom. The molecule has 0 radical (unpaired) electrons. The highest BCUT2D eigenvalue weighted by molar-refractivity contribution is 5.42. The lowest BCUT2D eigenvalue weighted by Gasteiger charge is -2.12. The van der Waals surface area contributed by atoms with Crippen molar-refractivity contribution in [2.24, 2.45) is 11.8 Å². The molecule has 0 heteroatoms. The fourth-order valence-corrected chi connectivity index (χ4v) is 4.71. The number of fused-ring (bicyclic) bond motifs is 2. The van der Waals surface area contributed by atoms with Crippen molar-refractivity contribution in [3.8, 4) is 0 Å². The number of hydrogen-bond donors (Lipinski definition) is 0. The zero-order valence-electron chi connectivity index (χ0n) is 13.2. The van der Waals surface area contributed by atoms with Gasteiger partial charge in [0, 0.05) is 0 Å². The van der Waals surface area contributed by atoms with E-state index >= 15 is 0 Å². The first-order valence-electron chi connectivity index (χ1n) is 9.22. The van der Waals surface area contributed by atoms with Crippen LogP contribution in [-0.2, 0) is 0 Å². The van der Waals surface area contributed by atoms with Crippen LogP contribution in [-0.4, -0.2) is 0 Å². The number of hydrogen-bond acceptors (Lipinski definition) is 0. The summed E-state index contributed by atoms with van der Waals surface area (Å²) >= 11 is 0. The molecule has 0 aromatic rings. The Morgan fingerprint density at radius 3 is 1.33 bits per heavy atom. The Balaban J connectivity index is 1.35. The van der Waals surface area contributed by atoms with Crippen molar-refractivity contribution in [3.05, 3.63) is 46.6 Å². The van der Waals surface area contributed by atoms with Crippen molar-refractivity contribution in [1.82, 2.24) is 0 Å². The van der Waals surface area contributed by atoms with Gasteiger partial charge in [0.25, 0.3) is 0 Å². The van der Waals surface area contributed by atoms with Crippen molar-refractivity contribution in [2.75, 3.05) is 0 Å². The zero-order chi connectivity index (χ0) is 14.1. The summed E-state index contributed by atoms with van der Waals surface area (Å²) in [6, 6.07) is 0. The smallest absolute Gasteiger partial charge is 0.00413 e. The molecule has 21 heavy (non-hydrogen) atoms. The van der Waals surface area contributed by atoms with Crippen molar-refractivity contribution in [2.45, 2.75) is 70.6 Å². The molecule has 0 atom stereocenters. The second-order valence-corrected chi connectivity index (χ2v) is 7.44. The van der Waals surface area contributed by atoms with E-state index in [9.17, 15) is 0 Å². The molecule has 0 aromatic heterocycles. The van der Waals surface area contributed by atoms with E-state index in [1.807, 2.05) is 0 Å². The van der Waals surface area contributed by atoms with Crippen LogP contribution in [0.3, 0.4) is 0 Å². The molecule has 0 aliphatic heterocycles. The highest BCUT2D eigenvalue weighted by Crippen LogP contribution is 2.40. The van der Waals surface area contributed by atoms with E-state index in [2.05, 4.69) is 24.3 Å². The van der Waals surface area contributed by atoms with Gasteiger partial charge in [-0.2, -0.15) is 0 Å². The fourth-order valence-electron chi connectivity index (χ4n) is 4.71. The Labute approximate surface area is 129 Å². The zero-order valence-corrected chi connectivity index (χ0v) is 13.2. The van der Waals surface area contributed by atoms with Gasteiger partial charge in [0.2, 0.25) is 0 Å². The van der Waals surface area contributed by atoms with E-state index in [-0.39, 0.29) is 0 Å². The summed E-state index contributed by atoms with van der Waals surface area (Å²) in [4.78, 5) is 0. The molecule has 2 saturated carbocycles. The quantitative estimate of drug-likeness (QED) is 0.571. The molecule has 0 aromatic carbocycles. The molecule has 0 N–H and O–H groups in total. The first-order chi connectivity index (χ1) is 10.4. The van der Waals surface area contributed by atoms with E-state index in [1.54, 1.807) is 22.3 Å². The summed E-state index contributed by atoms with van der Waals surface area (Å²) < 4.78 is 0. The lowest BCUT2D eigenvalue weighted by Crippen LogP contribution is -1.96. The molecule has 0 saturated heterocycles. The van der Waals surface area contributed by atoms with Gasteiger partial charge >= 0.3 is 0 Å². The Hall–Kier alpha value is -1.04. The van der Waals surface area contributed by atoms with E-state index < -0.39 is 0 Å². The van der Waals surface area contributed by atoms with Gasteiger partial charge in [-0.05, 0) is 91.9 Å². The summed E-state index contributed by atoms with van der Waals surface area (Å²) in [5.41, 5.74) is 6.79. The van der Waals surface area contributed by atoms with E-state index in [0.717, 1.165) is 11.8 Å². The summed E-state index contributed by atoms with van der Waals surface area (Å²) in [5, 5.41) is 0. The summed E-state index contributed by atoms with van der Waals surface area (Å²) in [6.07, 6.45) is 25.6. The summed E-state index contributed by atoms with van der Waals surface area (Å²) in [7, 11) is 0. The Morgan fingerprint density at radius 2 is 0.905 bits per heavy atom. The van der Waals surface area contributed by atoms with Crippen LogP contribution >= 0.6 is 0 Å². The van der Waals surface area contributed by atoms with Gasteiger partial charge in [0.1, 0.15) is 0 Å². The lowest BCUT2D eigenvalue weighted by atomic mass is 9.94. The molecule has 4 aliphatic carbocycles. The Bertz CT molecular complexity index is 482. The molecule has 2 fully saturated rings. The first-order valence-corrected chi connectivity index (χ1v) is 9.22. The van der Waals surface area contributed by atoms with Crippen LogP contribution in [0.1, 0.15) is 70.6 Å². The maximum atomic E-state index is 2.61. The minimum Gasteiger partial charge on any atom is -0.0741 e. The normalized spacial score (nSPS) is 26.5. The summed E-state index contributed by atoms with van der Waals surface area (Å²) in [6.45, 7) is 0. The van der Waals surface area contributed by atoms with Crippen LogP contribution in [0.2, 0.25) is 0 Å². The van der Waals surface area contributed by atoms with Gasteiger partial charge in [-0.25, -0.2) is 0 Å². The maximum Gasteiger partial charge on any atom is -0.00413 e. The lowest BCUT2D eigenvalue weighted by molar-refractivity contribution is 0.599. The third-order valence-electron chi connectivity index (χ3n) is 5.85. The minimum atomic E-state index is 0.741. The van der Waals surface area contributed by atoms with Crippen LogP contribution in [0.5, 0.6) is 0 Å². The molecule has 0 heterocycles. The molecule has 4 rings (SSSR count). The molecule has 112 valence electrons. The van der Waals surface area contributed by atoms with E-state index in [1.165, 1.54) is 70.6 Å². The first kappa shape index (κ1) is 13.6. The van der Waals surface area contributed by atoms with Crippen LogP contribution < -0.4 is 0 Å². The van der Waals surface area contributed by atoms with Crippen LogP contribution in [0.25, 0.3) is 0 Å². The molecular formula is C21H28. The number of allylic oxidation sites excluding steroid dienone is 8. The molecule has 0 amide bonds. The predicted molar refractivity (Wildman–Crippen MR) is 90.1 cm³/mol. The molecule has 0 bridgehead atoms. The van der Waals surface area contributed by atoms with Crippen LogP contribution in [0.4, 0.5) is 0 Å². The highest BCUT2D eigenvalue weighted by Gasteiger charge is 2.23. The molecule has 4 aliphatic rings.